The zero-order chi connectivity index (χ0) is 13.0. The summed E-state index contributed by atoms with van der Waals surface area (Å²) in [4.78, 5) is 11.2. The summed E-state index contributed by atoms with van der Waals surface area (Å²) in [6.07, 6.45) is 0.611. The number of nitrogens with one attached hydrogen (secondary N) is 1. The van der Waals surface area contributed by atoms with Gasteiger partial charge in [-0.05, 0) is 25.0 Å². The molecule has 1 aromatic carbocycles. The Labute approximate surface area is 106 Å². The van der Waals surface area contributed by atoms with Crippen LogP contribution in [0.25, 0.3) is 0 Å². The number of hydrogen-bond donors (Lipinski definition) is 2. The van der Waals surface area contributed by atoms with Gasteiger partial charge in [-0.2, -0.15) is 0 Å². The summed E-state index contributed by atoms with van der Waals surface area (Å²) >= 11 is 6.00. The van der Waals surface area contributed by atoms with Gasteiger partial charge in [0.05, 0.1) is 12.8 Å². The lowest BCUT2D eigenvalue weighted by atomic mass is 10.1. The lowest BCUT2D eigenvalue weighted by Gasteiger charge is -2.18. The Hall–Kier alpha value is -1.42. The van der Waals surface area contributed by atoms with Gasteiger partial charge in [0.1, 0.15) is 11.8 Å². The molecule has 0 radical (unpaired) electrons. The van der Waals surface area contributed by atoms with Crippen LogP contribution in [0.15, 0.2) is 12.1 Å². The topological polar surface area (TPSA) is 64.3 Å². The van der Waals surface area contributed by atoms with Crippen molar-refractivity contribution in [1.82, 2.24) is 0 Å². The molecule has 5 heteroatoms. The van der Waals surface area contributed by atoms with E-state index in [-0.39, 0.29) is 5.91 Å². The van der Waals surface area contributed by atoms with E-state index < -0.39 is 6.04 Å². The fourth-order valence-electron chi connectivity index (χ4n) is 1.51. The fourth-order valence-corrected chi connectivity index (χ4v) is 1.66. The van der Waals surface area contributed by atoms with E-state index in [1.165, 1.54) is 0 Å². The molecule has 0 aliphatic heterocycles. The Morgan fingerprint density at radius 3 is 2.71 bits per heavy atom. The first-order valence-corrected chi connectivity index (χ1v) is 5.77. The van der Waals surface area contributed by atoms with Gasteiger partial charge < -0.3 is 15.8 Å². The number of methoxy groups -OCH3 is 1. The van der Waals surface area contributed by atoms with Crippen LogP contribution >= 0.6 is 11.6 Å². The first-order valence-electron chi connectivity index (χ1n) is 5.39. The van der Waals surface area contributed by atoms with E-state index in [4.69, 9.17) is 22.1 Å². The van der Waals surface area contributed by atoms with Gasteiger partial charge >= 0.3 is 0 Å². The van der Waals surface area contributed by atoms with Crippen molar-refractivity contribution < 1.29 is 9.53 Å². The first-order chi connectivity index (χ1) is 7.99. The second-order valence-electron chi connectivity index (χ2n) is 3.81. The summed E-state index contributed by atoms with van der Waals surface area (Å²) in [6.45, 7) is 3.77. The van der Waals surface area contributed by atoms with Crippen LogP contribution < -0.4 is 15.8 Å². The Bertz CT molecular complexity index is 421. The third-order valence-electron chi connectivity index (χ3n) is 2.56. The number of ether oxygens (including phenoxy) is 1. The molecule has 0 spiro atoms. The Morgan fingerprint density at radius 1 is 1.59 bits per heavy atom. The van der Waals surface area contributed by atoms with Crippen LogP contribution in [-0.4, -0.2) is 19.1 Å². The quantitative estimate of drug-likeness (QED) is 0.850. The molecule has 1 rings (SSSR count). The van der Waals surface area contributed by atoms with E-state index in [1.807, 2.05) is 19.9 Å². The van der Waals surface area contributed by atoms with Crippen molar-refractivity contribution in [3.05, 3.63) is 22.7 Å². The number of carbonyl (C=O) groups excluding carboxylic acids is 1. The smallest absolute Gasteiger partial charge is 0.239 e. The van der Waals surface area contributed by atoms with Gasteiger partial charge in [-0.15, -0.1) is 0 Å². The van der Waals surface area contributed by atoms with Crippen molar-refractivity contribution in [1.29, 1.82) is 0 Å². The molecule has 1 atom stereocenters. The van der Waals surface area contributed by atoms with E-state index in [0.717, 1.165) is 11.3 Å². The standard InChI is InChI=1S/C12H17ClN2O2/c1-4-9(12(14)16)15-10-5-7(2)8(13)6-11(10)17-3/h5-6,9,15H,4H2,1-3H3,(H2,14,16). The van der Waals surface area contributed by atoms with Gasteiger partial charge in [0.2, 0.25) is 5.91 Å². The highest BCUT2D eigenvalue weighted by molar-refractivity contribution is 6.31. The van der Waals surface area contributed by atoms with Crippen LogP contribution in [0.1, 0.15) is 18.9 Å². The number of hydrogen-bond acceptors (Lipinski definition) is 3. The molecule has 0 aromatic heterocycles. The van der Waals surface area contributed by atoms with Crippen molar-refractivity contribution in [2.24, 2.45) is 5.73 Å². The average Bonchev–Trinajstić information content (AvgIpc) is 2.29. The molecule has 0 fully saturated rings. The molecule has 0 heterocycles. The zero-order valence-corrected chi connectivity index (χ0v) is 11.0. The third-order valence-corrected chi connectivity index (χ3v) is 2.97. The summed E-state index contributed by atoms with van der Waals surface area (Å²) < 4.78 is 5.21. The second kappa shape index (κ2) is 5.77. The van der Waals surface area contributed by atoms with Crippen molar-refractivity contribution in [3.8, 4) is 5.75 Å². The number of aryl methyl sites for hydroxylation is 1. The van der Waals surface area contributed by atoms with Crippen molar-refractivity contribution in [2.45, 2.75) is 26.3 Å². The molecule has 1 aromatic rings. The molecule has 1 unspecified atom stereocenters. The van der Waals surface area contributed by atoms with Crippen LogP contribution in [0.2, 0.25) is 5.02 Å². The highest BCUT2D eigenvalue weighted by Gasteiger charge is 2.15. The summed E-state index contributed by atoms with van der Waals surface area (Å²) in [5.41, 5.74) is 6.92. The normalized spacial score (nSPS) is 12.0. The lowest BCUT2D eigenvalue weighted by Crippen LogP contribution is -2.34. The Kier molecular flexibility index (Phi) is 4.63. The highest BCUT2D eigenvalue weighted by atomic mass is 35.5. The molecule has 0 saturated carbocycles. The lowest BCUT2D eigenvalue weighted by molar-refractivity contribution is -0.118. The van der Waals surface area contributed by atoms with E-state index in [9.17, 15) is 4.79 Å². The van der Waals surface area contributed by atoms with Crippen LogP contribution in [0.5, 0.6) is 5.75 Å². The van der Waals surface area contributed by atoms with Gasteiger partial charge in [-0.3, -0.25) is 4.79 Å². The molecule has 1 amide bonds. The van der Waals surface area contributed by atoms with Crippen molar-refractivity contribution in [3.63, 3.8) is 0 Å². The molecular weight excluding hydrogens is 240 g/mol. The maximum atomic E-state index is 11.2. The molecule has 3 N–H and O–H groups in total. The summed E-state index contributed by atoms with van der Waals surface area (Å²) in [5, 5.41) is 3.68. The Balaban J connectivity index is 3.04. The van der Waals surface area contributed by atoms with Gasteiger partial charge in [0.15, 0.2) is 0 Å². The van der Waals surface area contributed by atoms with E-state index >= 15 is 0 Å². The third kappa shape index (κ3) is 3.27. The second-order valence-corrected chi connectivity index (χ2v) is 4.22. The van der Waals surface area contributed by atoms with Gasteiger partial charge in [0.25, 0.3) is 0 Å². The monoisotopic (exact) mass is 256 g/mol. The molecule has 0 bridgehead atoms. The predicted molar refractivity (Wildman–Crippen MR) is 69.6 cm³/mol. The van der Waals surface area contributed by atoms with Gasteiger partial charge in [-0.25, -0.2) is 0 Å². The number of rotatable bonds is 5. The number of halogens is 1. The van der Waals surface area contributed by atoms with E-state index in [2.05, 4.69) is 5.32 Å². The molecule has 0 aliphatic carbocycles. The average molecular weight is 257 g/mol. The number of primary amides is 1. The van der Waals surface area contributed by atoms with Gasteiger partial charge in [0, 0.05) is 11.1 Å². The molecule has 94 valence electrons. The summed E-state index contributed by atoms with van der Waals surface area (Å²) in [6, 6.07) is 3.14. The number of carbonyl (C=O) groups is 1. The first kappa shape index (κ1) is 13.6. The van der Waals surface area contributed by atoms with Gasteiger partial charge in [-0.1, -0.05) is 18.5 Å². The van der Waals surface area contributed by atoms with E-state index in [1.54, 1.807) is 13.2 Å². The van der Waals surface area contributed by atoms with Crippen LogP contribution in [0.4, 0.5) is 5.69 Å². The SMILES string of the molecule is CCC(Nc1cc(C)c(Cl)cc1OC)C(N)=O. The molecule has 0 saturated heterocycles. The molecule has 17 heavy (non-hydrogen) atoms. The maximum absolute atomic E-state index is 11.2. The maximum Gasteiger partial charge on any atom is 0.239 e. The van der Waals surface area contributed by atoms with Crippen LogP contribution in [0, 0.1) is 6.92 Å². The van der Waals surface area contributed by atoms with Crippen LogP contribution in [-0.2, 0) is 4.79 Å². The van der Waals surface area contributed by atoms with E-state index in [0.29, 0.717) is 17.2 Å². The number of nitrogens with two attached hydrogens (primary N) is 1. The number of benzene rings is 1. The number of amides is 1. The van der Waals surface area contributed by atoms with Crippen LogP contribution in [0.3, 0.4) is 0 Å². The highest BCUT2D eigenvalue weighted by Crippen LogP contribution is 2.31. The number of anilines is 1. The minimum absolute atomic E-state index is 0.387. The molecule has 4 nitrogen and oxygen atoms in total. The minimum atomic E-state index is -0.413. The Morgan fingerprint density at radius 2 is 2.24 bits per heavy atom. The summed E-state index contributed by atoms with van der Waals surface area (Å²) in [5.74, 6) is 0.211. The van der Waals surface area contributed by atoms with Crippen molar-refractivity contribution in [2.75, 3.05) is 12.4 Å². The predicted octanol–water partition coefficient (Wildman–Crippen LogP) is 2.33. The van der Waals surface area contributed by atoms with Crippen molar-refractivity contribution >= 4 is 23.2 Å². The largest absolute Gasteiger partial charge is 0.495 e. The summed E-state index contributed by atoms with van der Waals surface area (Å²) in [7, 11) is 1.55. The minimum Gasteiger partial charge on any atom is -0.495 e. The molecular formula is C12H17ClN2O2. The fraction of sp³-hybridized carbons (Fsp3) is 0.417. The zero-order valence-electron chi connectivity index (χ0n) is 10.2. The molecule has 0 aliphatic rings.